The molecule has 1 fully saturated rings. The van der Waals surface area contributed by atoms with E-state index in [1.807, 2.05) is 13.8 Å². The smallest absolute Gasteiger partial charge is 0.339 e. The van der Waals surface area contributed by atoms with Crippen LogP contribution in [0.3, 0.4) is 0 Å². The zero-order valence-corrected chi connectivity index (χ0v) is 26.5. The fourth-order valence-corrected chi connectivity index (χ4v) is 6.38. The highest BCUT2D eigenvalue weighted by Gasteiger charge is 2.36. The molecule has 0 aliphatic carbocycles. The van der Waals surface area contributed by atoms with Gasteiger partial charge in [-0.05, 0) is 77.3 Å². The standard InChI is InChI=1S/C29H26Br2N2O8S/c1-3-12-40-24-11-10-18(13-25(24)39-4-2)17-33-28(35)22(27(34)32-29(33)36)15-19-14-20(30)16-23(31)26(19)41-42(37,38)21-8-6-5-7-9-21/h5-11,13-16H,3-4,12,17H2,1-2H3,(H,32,34,36)/b22-15+. The molecule has 1 aliphatic heterocycles. The van der Waals surface area contributed by atoms with E-state index in [1.165, 1.54) is 24.3 Å². The molecule has 42 heavy (non-hydrogen) atoms. The van der Waals surface area contributed by atoms with Crippen LogP contribution in [0.25, 0.3) is 6.08 Å². The molecule has 0 bridgehead atoms. The van der Waals surface area contributed by atoms with Crippen molar-refractivity contribution in [3.63, 3.8) is 0 Å². The maximum absolute atomic E-state index is 13.5. The van der Waals surface area contributed by atoms with E-state index < -0.39 is 33.5 Å². The van der Waals surface area contributed by atoms with Crippen LogP contribution in [0.5, 0.6) is 17.2 Å². The van der Waals surface area contributed by atoms with Crippen molar-refractivity contribution in [2.45, 2.75) is 31.7 Å². The van der Waals surface area contributed by atoms with Crippen molar-refractivity contribution in [3.05, 3.63) is 86.3 Å². The predicted octanol–water partition coefficient (Wildman–Crippen LogP) is 5.83. The molecule has 1 saturated heterocycles. The molecule has 0 radical (unpaired) electrons. The highest BCUT2D eigenvalue weighted by atomic mass is 79.9. The normalized spacial score (nSPS) is 14.6. The highest BCUT2D eigenvalue weighted by Crippen LogP contribution is 2.37. The number of carbonyl (C=O) groups excluding carboxylic acids is 3. The molecule has 0 atom stereocenters. The SMILES string of the molecule is CCCOc1ccc(CN2C(=O)NC(=O)/C(=C\c3cc(Br)cc(Br)c3OS(=O)(=O)c3ccccc3)C2=O)cc1OCC. The highest BCUT2D eigenvalue weighted by molar-refractivity contribution is 9.11. The number of hydrogen-bond donors (Lipinski definition) is 1. The zero-order valence-electron chi connectivity index (χ0n) is 22.6. The molecule has 0 aromatic heterocycles. The van der Waals surface area contributed by atoms with Gasteiger partial charge in [-0.2, -0.15) is 8.42 Å². The molecule has 4 amide bonds. The van der Waals surface area contributed by atoms with Gasteiger partial charge in [0.1, 0.15) is 10.5 Å². The lowest BCUT2D eigenvalue weighted by atomic mass is 10.1. The maximum Gasteiger partial charge on any atom is 0.339 e. The van der Waals surface area contributed by atoms with Crippen molar-refractivity contribution >= 4 is 65.9 Å². The molecular weight excluding hydrogens is 696 g/mol. The second-order valence-corrected chi connectivity index (χ2v) is 12.2. The van der Waals surface area contributed by atoms with E-state index >= 15 is 0 Å². The Kier molecular flexibility index (Phi) is 10.1. The fourth-order valence-electron chi connectivity index (χ4n) is 3.95. The number of ether oxygens (including phenoxy) is 2. The Morgan fingerprint density at radius 3 is 2.36 bits per heavy atom. The minimum Gasteiger partial charge on any atom is -0.490 e. The summed E-state index contributed by atoms with van der Waals surface area (Å²) in [6, 6.07) is 14.7. The van der Waals surface area contributed by atoms with Crippen molar-refractivity contribution in [3.8, 4) is 17.2 Å². The lowest BCUT2D eigenvalue weighted by molar-refractivity contribution is -0.130. The van der Waals surface area contributed by atoms with Gasteiger partial charge in [-0.1, -0.05) is 47.1 Å². The number of amides is 4. The largest absolute Gasteiger partial charge is 0.490 e. The third-order valence-electron chi connectivity index (χ3n) is 5.86. The molecule has 0 unspecified atom stereocenters. The number of nitrogens with one attached hydrogen (secondary N) is 1. The lowest BCUT2D eigenvalue weighted by Crippen LogP contribution is -2.53. The van der Waals surface area contributed by atoms with E-state index in [9.17, 15) is 22.8 Å². The first kappa shape index (κ1) is 31.3. The number of hydrogen-bond acceptors (Lipinski definition) is 8. The average molecular weight is 722 g/mol. The topological polar surface area (TPSA) is 128 Å². The van der Waals surface area contributed by atoms with Crippen LogP contribution in [0.2, 0.25) is 0 Å². The van der Waals surface area contributed by atoms with E-state index in [1.54, 1.807) is 42.5 Å². The summed E-state index contributed by atoms with van der Waals surface area (Å²) in [6.45, 7) is 4.50. The van der Waals surface area contributed by atoms with Crippen LogP contribution in [0.15, 0.2) is 80.1 Å². The molecule has 3 aromatic carbocycles. The van der Waals surface area contributed by atoms with Crippen LogP contribution in [0.4, 0.5) is 4.79 Å². The number of imide groups is 2. The van der Waals surface area contributed by atoms with Gasteiger partial charge in [0, 0.05) is 10.0 Å². The summed E-state index contributed by atoms with van der Waals surface area (Å²) in [4.78, 5) is 39.8. The molecule has 10 nitrogen and oxygen atoms in total. The minimum absolute atomic E-state index is 0.0841. The number of benzene rings is 3. The Morgan fingerprint density at radius 2 is 1.67 bits per heavy atom. The van der Waals surface area contributed by atoms with Gasteiger partial charge in [0.15, 0.2) is 17.2 Å². The van der Waals surface area contributed by atoms with Crippen LogP contribution in [0, 0.1) is 0 Å². The fraction of sp³-hybridized carbons (Fsp3) is 0.207. The summed E-state index contributed by atoms with van der Waals surface area (Å²) in [6.07, 6.45) is 1.98. The average Bonchev–Trinajstić information content (AvgIpc) is 2.95. The first-order valence-electron chi connectivity index (χ1n) is 12.8. The summed E-state index contributed by atoms with van der Waals surface area (Å²) < 4.78 is 43.5. The van der Waals surface area contributed by atoms with Crippen molar-refractivity contribution in [2.75, 3.05) is 13.2 Å². The Labute approximate surface area is 260 Å². The number of halogens is 2. The molecule has 3 aromatic rings. The van der Waals surface area contributed by atoms with E-state index in [0.717, 1.165) is 11.3 Å². The molecule has 1 N–H and O–H groups in total. The van der Waals surface area contributed by atoms with E-state index in [0.29, 0.717) is 34.7 Å². The number of carbonyl (C=O) groups is 3. The summed E-state index contributed by atoms with van der Waals surface area (Å²) in [5, 5.41) is 2.17. The summed E-state index contributed by atoms with van der Waals surface area (Å²) >= 11 is 6.64. The molecule has 13 heteroatoms. The predicted molar refractivity (Wildman–Crippen MR) is 162 cm³/mol. The van der Waals surface area contributed by atoms with Crippen molar-refractivity contribution < 1.29 is 36.5 Å². The van der Waals surface area contributed by atoms with Gasteiger partial charge in [0.2, 0.25) is 0 Å². The van der Waals surface area contributed by atoms with Gasteiger partial charge in [-0.3, -0.25) is 19.8 Å². The maximum atomic E-state index is 13.5. The second kappa shape index (κ2) is 13.5. The summed E-state index contributed by atoms with van der Waals surface area (Å²) in [5.74, 6) is -0.970. The quantitative estimate of drug-likeness (QED) is 0.149. The molecule has 1 aliphatic rings. The number of urea groups is 1. The van der Waals surface area contributed by atoms with Crippen LogP contribution < -0.4 is 19.0 Å². The van der Waals surface area contributed by atoms with Crippen molar-refractivity contribution in [1.82, 2.24) is 10.2 Å². The Hall–Kier alpha value is -3.68. The molecule has 220 valence electrons. The van der Waals surface area contributed by atoms with Crippen LogP contribution >= 0.6 is 31.9 Å². The van der Waals surface area contributed by atoms with E-state index in [4.69, 9.17) is 13.7 Å². The molecule has 0 spiro atoms. The Morgan fingerprint density at radius 1 is 0.929 bits per heavy atom. The second-order valence-electron chi connectivity index (χ2n) is 8.93. The Balaban J connectivity index is 1.68. The first-order valence-corrected chi connectivity index (χ1v) is 15.8. The van der Waals surface area contributed by atoms with Crippen LogP contribution in [-0.2, 0) is 26.3 Å². The van der Waals surface area contributed by atoms with Gasteiger partial charge in [0.05, 0.1) is 24.2 Å². The van der Waals surface area contributed by atoms with Crippen molar-refractivity contribution in [2.24, 2.45) is 0 Å². The lowest BCUT2D eigenvalue weighted by Gasteiger charge is -2.27. The van der Waals surface area contributed by atoms with Gasteiger partial charge in [-0.15, -0.1) is 0 Å². The van der Waals surface area contributed by atoms with Gasteiger partial charge in [-0.25, -0.2) is 4.79 Å². The van der Waals surface area contributed by atoms with E-state index in [2.05, 4.69) is 37.2 Å². The number of rotatable bonds is 11. The molecule has 0 saturated carbocycles. The third-order valence-corrected chi connectivity index (χ3v) is 8.14. The van der Waals surface area contributed by atoms with Gasteiger partial charge >= 0.3 is 16.1 Å². The van der Waals surface area contributed by atoms with Crippen LogP contribution in [-0.4, -0.2) is 44.4 Å². The summed E-state index contributed by atoms with van der Waals surface area (Å²) in [5.41, 5.74) is 0.261. The molecule has 4 rings (SSSR count). The first-order chi connectivity index (χ1) is 20.0. The molecule has 1 heterocycles. The molecular formula is C29H26Br2N2O8S. The third kappa shape index (κ3) is 7.20. The van der Waals surface area contributed by atoms with Crippen molar-refractivity contribution in [1.29, 1.82) is 0 Å². The monoisotopic (exact) mass is 720 g/mol. The summed E-state index contributed by atoms with van der Waals surface area (Å²) in [7, 11) is -4.26. The van der Waals surface area contributed by atoms with Crippen LogP contribution in [0.1, 0.15) is 31.4 Å². The van der Waals surface area contributed by atoms with Gasteiger partial charge in [0.25, 0.3) is 11.8 Å². The number of barbiturate groups is 1. The van der Waals surface area contributed by atoms with E-state index in [-0.39, 0.29) is 27.2 Å². The Bertz CT molecular complexity index is 1660. The van der Waals surface area contributed by atoms with Gasteiger partial charge < -0.3 is 13.7 Å². The zero-order chi connectivity index (χ0) is 30.4. The minimum atomic E-state index is -4.26. The number of nitrogens with zero attached hydrogens (tertiary/aromatic N) is 1.